The highest BCUT2D eigenvalue weighted by atomic mass is 19.2. The van der Waals surface area contributed by atoms with Gasteiger partial charge in [0, 0.05) is 5.54 Å². The summed E-state index contributed by atoms with van der Waals surface area (Å²) < 4.78 is 38.3. The van der Waals surface area contributed by atoms with Crippen molar-refractivity contribution in [3.05, 3.63) is 35.1 Å². The Morgan fingerprint density at radius 3 is 2.07 bits per heavy atom. The summed E-state index contributed by atoms with van der Waals surface area (Å²) in [7, 11) is 0. The maximum absolute atomic E-state index is 12.9. The molecule has 2 rings (SSSR count). The zero-order valence-corrected chi connectivity index (χ0v) is 7.65. The van der Waals surface area contributed by atoms with Gasteiger partial charge >= 0.3 is 0 Å². The maximum atomic E-state index is 12.9. The fourth-order valence-electron chi connectivity index (χ4n) is 1.67. The van der Waals surface area contributed by atoms with Crippen LogP contribution in [0.1, 0.15) is 18.9 Å². The summed E-state index contributed by atoms with van der Waals surface area (Å²) in [6.07, 6.45) is 0.678. The largest absolute Gasteiger partial charge is 0.321 e. The van der Waals surface area contributed by atoms with Crippen LogP contribution >= 0.6 is 0 Å². The van der Waals surface area contributed by atoms with Gasteiger partial charge in [0.25, 0.3) is 0 Å². The Balaban J connectivity index is 2.47. The van der Waals surface area contributed by atoms with Crippen molar-refractivity contribution >= 4 is 0 Å². The zero-order chi connectivity index (χ0) is 10.5. The SMILES string of the molecule is CC1CC1(N)c1cc(F)c(F)c(F)c1. The van der Waals surface area contributed by atoms with Gasteiger partial charge in [-0.05, 0) is 30.0 Å². The predicted octanol–water partition coefficient (Wildman–Crippen LogP) is 2.30. The minimum Gasteiger partial charge on any atom is -0.321 e. The lowest BCUT2D eigenvalue weighted by atomic mass is 10.0. The molecule has 2 unspecified atom stereocenters. The van der Waals surface area contributed by atoms with Crippen molar-refractivity contribution in [2.75, 3.05) is 0 Å². The Kier molecular flexibility index (Phi) is 1.86. The molecule has 14 heavy (non-hydrogen) atoms. The summed E-state index contributed by atoms with van der Waals surface area (Å²) in [5.74, 6) is -3.61. The highest BCUT2D eigenvalue weighted by molar-refractivity contribution is 5.32. The van der Waals surface area contributed by atoms with Gasteiger partial charge in [-0.2, -0.15) is 0 Å². The smallest absolute Gasteiger partial charge is 0.194 e. The van der Waals surface area contributed by atoms with Crippen LogP contribution < -0.4 is 5.73 Å². The molecule has 1 fully saturated rings. The second kappa shape index (κ2) is 2.73. The van der Waals surface area contributed by atoms with E-state index in [1.165, 1.54) is 0 Å². The number of benzene rings is 1. The van der Waals surface area contributed by atoms with Gasteiger partial charge in [0.2, 0.25) is 0 Å². The molecule has 0 aliphatic heterocycles. The number of hydrogen-bond donors (Lipinski definition) is 1. The second-order valence-electron chi connectivity index (χ2n) is 3.90. The number of rotatable bonds is 1. The molecular weight excluding hydrogens is 191 g/mol. The van der Waals surface area contributed by atoms with Gasteiger partial charge in [0.15, 0.2) is 17.5 Å². The van der Waals surface area contributed by atoms with Crippen molar-refractivity contribution in [3.63, 3.8) is 0 Å². The van der Waals surface area contributed by atoms with Gasteiger partial charge in [-0.3, -0.25) is 0 Å². The quantitative estimate of drug-likeness (QED) is 0.693. The molecule has 1 aliphatic carbocycles. The Morgan fingerprint density at radius 2 is 1.71 bits per heavy atom. The minimum atomic E-state index is -1.44. The van der Waals surface area contributed by atoms with Gasteiger partial charge in [0.1, 0.15) is 0 Å². The monoisotopic (exact) mass is 201 g/mol. The molecule has 0 radical (unpaired) electrons. The second-order valence-corrected chi connectivity index (χ2v) is 3.90. The van der Waals surface area contributed by atoms with Crippen LogP contribution in [-0.4, -0.2) is 0 Å². The zero-order valence-electron chi connectivity index (χ0n) is 7.65. The fraction of sp³-hybridized carbons (Fsp3) is 0.400. The molecule has 1 aromatic rings. The first-order valence-corrected chi connectivity index (χ1v) is 4.39. The van der Waals surface area contributed by atoms with Gasteiger partial charge in [0.05, 0.1) is 0 Å². The molecule has 0 bridgehead atoms. The van der Waals surface area contributed by atoms with Crippen molar-refractivity contribution in [1.29, 1.82) is 0 Å². The van der Waals surface area contributed by atoms with Gasteiger partial charge in [-0.25, -0.2) is 13.2 Å². The first-order valence-electron chi connectivity index (χ1n) is 4.39. The summed E-state index contributed by atoms with van der Waals surface area (Å²) >= 11 is 0. The van der Waals surface area contributed by atoms with Crippen LogP contribution in [0.25, 0.3) is 0 Å². The molecule has 0 amide bonds. The number of halogens is 3. The van der Waals surface area contributed by atoms with Crippen LogP contribution in [0.5, 0.6) is 0 Å². The number of hydrogen-bond acceptors (Lipinski definition) is 1. The van der Waals surface area contributed by atoms with E-state index < -0.39 is 23.0 Å². The van der Waals surface area contributed by atoms with Crippen molar-refractivity contribution in [1.82, 2.24) is 0 Å². The maximum Gasteiger partial charge on any atom is 0.194 e. The van der Waals surface area contributed by atoms with Crippen LogP contribution in [0.2, 0.25) is 0 Å². The molecule has 4 heteroatoms. The third-order valence-electron chi connectivity index (χ3n) is 2.88. The standard InChI is InChI=1S/C10H10F3N/c1-5-4-10(5,14)6-2-7(11)9(13)8(12)3-6/h2-3,5H,4,14H2,1H3. The van der Waals surface area contributed by atoms with Crippen LogP contribution in [-0.2, 0) is 5.54 Å². The van der Waals surface area contributed by atoms with E-state index in [-0.39, 0.29) is 5.92 Å². The van der Waals surface area contributed by atoms with E-state index in [0.29, 0.717) is 12.0 Å². The Hall–Kier alpha value is -1.03. The van der Waals surface area contributed by atoms with E-state index >= 15 is 0 Å². The van der Waals surface area contributed by atoms with Gasteiger partial charge in [-0.1, -0.05) is 6.92 Å². The molecule has 1 saturated carbocycles. The van der Waals surface area contributed by atoms with Crippen molar-refractivity contribution < 1.29 is 13.2 Å². The molecule has 1 nitrogen and oxygen atoms in total. The third kappa shape index (κ3) is 1.21. The third-order valence-corrected chi connectivity index (χ3v) is 2.88. The fourth-order valence-corrected chi connectivity index (χ4v) is 1.67. The normalized spacial score (nSPS) is 30.5. The van der Waals surface area contributed by atoms with Crippen molar-refractivity contribution in [3.8, 4) is 0 Å². The topological polar surface area (TPSA) is 26.0 Å². The highest BCUT2D eigenvalue weighted by Crippen LogP contribution is 2.49. The van der Waals surface area contributed by atoms with E-state index in [1.54, 1.807) is 0 Å². The summed E-state index contributed by atoms with van der Waals surface area (Å²) in [5.41, 5.74) is 5.51. The Bertz CT molecular complexity index is 368. The minimum absolute atomic E-state index is 0.187. The van der Waals surface area contributed by atoms with E-state index in [2.05, 4.69) is 0 Å². The lowest BCUT2D eigenvalue weighted by Gasteiger charge is -2.11. The lowest BCUT2D eigenvalue weighted by molar-refractivity contribution is 0.442. The van der Waals surface area contributed by atoms with E-state index in [4.69, 9.17) is 5.73 Å². The number of nitrogens with two attached hydrogens (primary N) is 1. The summed E-state index contributed by atoms with van der Waals surface area (Å²) in [6.45, 7) is 1.89. The Labute approximate surface area is 79.7 Å². The summed E-state index contributed by atoms with van der Waals surface area (Å²) in [5, 5.41) is 0. The molecule has 0 spiro atoms. The lowest BCUT2D eigenvalue weighted by Crippen LogP contribution is -2.22. The van der Waals surface area contributed by atoms with Crippen molar-refractivity contribution in [2.45, 2.75) is 18.9 Å². The van der Waals surface area contributed by atoms with E-state index in [1.807, 2.05) is 6.92 Å². The first-order chi connectivity index (χ1) is 6.45. The van der Waals surface area contributed by atoms with Crippen molar-refractivity contribution in [2.24, 2.45) is 11.7 Å². The molecule has 0 aromatic heterocycles. The molecule has 2 atom stereocenters. The Morgan fingerprint density at radius 1 is 1.29 bits per heavy atom. The van der Waals surface area contributed by atoms with E-state index in [9.17, 15) is 13.2 Å². The van der Waals surface area contributed by atoms with Crippen LogP contribution in [0.4, 0.5) is 13.2 Å². The van der Waals surface area contributed by atoms with Gasteiger partial charge < -0.3 is 5.73 Å². The molecule has 76 valence electrons. The molecule has 0 saturated heterocycles. The molecule has 1 aromatic carbocycles. The molecular formula is C10H10F3N. The highest BCUT2D eigenvalue weighted by Gasteiger charge is 2.49. The van der Waals surface area contributed by atoms with Gasteiger partial charge in [-0.15, -0.1) is 0 Å². The van der Waals surface area contributed by atoms with Crippen LogP contribution in [0.3, 0.4) is 0 Å². The summed E-state index contributed by atoms with van der Waals surface area (Å²) in [6, 6.07) is 1.95. The average molecular weight is 201 g/mol. The first kappa shape index (κ1) is 9.52. The molecule has 2 N–H and O–H groups in total. The van der Waals surface area contributed by atoms with Crippen LogP contribution in [0.15, 0.2) is 12.1 Å². The van der Waals surface area contributed by atoms with Crippen LogP contribution in [0, 0.1) is 23.4 Å². The molecule has 1 aliphatic rings. The summed E-state index contributed by atoms with van der Waals surface area (Å²) in [4.78, 5) is 0. The average Bonchev–Trinajstić information content (AvgIpc) is 2.71. The van der Waals surface area contributed by atoms with E-state index in [0.717, 1.165) is 12.1 Å². The molecule has 0 heterocycles. The predicted molar refractivity (Wildman–Crippen MR) is 46.0 cm³/mol.